The lowest BCUT2D eigenvalue weighted by Crippen LogP contribution is -2.01. The molecule has 0 aromatic rings. The summed E-state index contributed by atoms with van der Waals surface area (Å²) in [5.74, 6) is 1.33. The fraction of sp³-hybridized carbons (Fsp3) is 0.737. The van der Waals surface area contributed by atoms with Crippen molar-refractivity contribution >= 4 is 5.97 Å². The Morgan fingerprint density at radius 2 is 1.81 bits per heavy atom. The van der Waals surface area contributed by atoms with E-state index in [4.69, 9.17) is 4.74 Å². The standard InChI is InChI=1S/C19H34O2/c1-6-14-21-19(20)15-18(5)13-9-12-17(4)11-8-10-16(3)7-2/h9,13,15-17H,6-8,10-12,14H2,1-5H3. The molecule has 0 rings (SSSR count). The maximum absolute atomic E-state index is 11.4. The van der Waals surface area contributed by atoms with E-state index in [1.54, 1.807) is 6.08 Å². The van der Waals surface area contributed by atoms with Crippen molar-refractivity contribution in [3.05, 3.63) is 23.8 Å². The summed E-state index contributed by atoms with van der Waals surface area (Å²) in [6.45, 7) is 11.3. The molecule has 2 heteroatoms. The van der Waals surface area contributed by atoms with E-state index in [1.807, 2.05) is 19.9 Å². The van der Waals surface area contributed by atoms with E-state index in [9.17, 15) is 4.79 Å². The van der Waals surface area contributed by atoms with Gasteiger partial charge >= 0.3 is 5.97 Å². The molecule has 0 saturated heterocycles. The number of hydrogen-bond acceptors (Lipinski definition) is 2. The van der Waals surface area contributed by atoms with E-state index < -0.39 is 0 Å². The third-order valence-corrected chi connectivity index (χ3v) is 3.80. The van der Waals surface area contributed by atoms with Crippen LogP contribution in [0.5, 0.6) is 0 Å². The van der Waals surface area contributed by atoms with Crippen molar-refractivity contribution in [1.82, 2.24) is 0 Å². The van der Waals surface area contributed by atoms with Crippen molar-refractivity contribution in [2.45, 2.75) is 73.1 Å². The van der Waals surface area contributed by atoms with E-state index in [2.05, 4.69) is 26.8 Å². The maximum atomic E-state index is 11.4. The topological polar surface area (TPSA) is 26.3 Å². The lowest BCUT2D eigenvalue weighted by Gasteiger charge is -2.11. The van der Waals surface area contributed by atoms with Crippen LogP contribution in [0.15, 0.2) is 23.8 Å². The van der Waals surface area contributed by atoms with Gasteiger partial charge in [0.2, 0.25) is 0 Å². The normalized spacial score (nSPS) is 15.2. The molecule has 0 radical (unpaired) electrons. The molecular weight excluding hydrogens is 260 g/mol. The first kappa shape index (κ1) is 19.9. The number of carbonyl (C=O) groups is 1. The predicted molar refractivity (Wildman–Crippen MR) is 91.2 cm³/mol. The molecular formula is C19H34O2. The number of ether oxygens (including phenoxy) is 1. The summed E-state index contributed by atoms with van der Waals surface area (Å²) in [4.78, 5) is 11.4. The maximum Gasteiger partial charge on any atom is 0.331 e. The van der Waals surface area contributed by atoms with E-state index in [1.165, 1.54) is 25.7 Å². The summed E-state index contributed by atoms with van der Waals surface area (Å²) in [6, 6.07) is 0. The minimum absolute atomic E-state index is 0.236. The van der Waals surface area contributed by atoms with E-state index in [-0.39, 0.29) is 5.97 Å². The molecule has 0 bridgehead atoms. The monoisotopic (exact) mass is 294 g/mol. The predicted octanol–water partition coefficient (Wildman–Crippen LogP) is 5.68. The van der Waals surface area contributed by atoms with Crippen molar-refractivity contribution in [3.8, 4) is 0 Å². The van der Waals surface area contributed by atoms with Gasteiger partial charge in [-0.1, -0.05) is 65.5 Å². The van der Waals surface area contributed by atoms with Gasteiger partial charge in [0.1, 0.15) is 0 Å². The molecule has 0 aliphatic heterocycles. The van der Waals surface area contributed by atoms with Gasteiger partial charge in [-0.15, -0.1) is 0 Å². The molecule has 122 valence electrons. The Labute approximate surface area is 131 Å². The second-order valence-electron chi connectivity index (χ2n) is 6.24. The van der Waals surface area contributed by atoms with Crippen molar-refractivity contribution in [3.63, 3.8) is 0 Å². The first-order valence-corrected chi connectivity index (χ1v) is 8.51. The second-order valence-corrected chi connectivity index (χ2v) is 6.24. The molecule has 0 amide bonds. The zero-order chi connectivity index (χ0) is 16.1. The second kappa shape index (κ2) is 12.7. The van der Waals surface area contributed by atoms with Gasteiger partial charge in [-0.2, -0.15) is 0 Å². The van der Waals surface area contributed by atoms with Crippen LogP contribution in [0.25, 0.3) is 0 Å². The van der Waals surface area contributed by atoms with Crippen molar-refractivity contribution in [1.29, 1.82) is 0 Å². The highest BCUT2D eigenvalue weighted by Gasteiger charge is 2.03. The number of rotatable bonds is 11. The Morgan fingerprint density at radius 3 is 2.43 bits per heavy atom. The third kappa shape index (κ3) is 12.4. The summed E-state index contributed by atoms with van der Waals surface area (Å²) in [7, 11) is 0. The molecule has 0 spiro atoms. The van der Waals surface area contributed by atoms with Crippen LogP contribution < -0.4 is 0 Å². The van der Waals surface area contributed by atoms with Crippen LogP contribution >= 0.6 is 0 Å². The Balaban J connectivity index is 3.91. The number of hydrogen-bond donors (Lipinski definition) is 0. The molecule has 21 heavy (non-hydrogen) atoms. The molecule has 2 nitrogen and oxygen atoms in total. The number of esters is 1. The molecule has 2 unspecified atom stereocenters. The van der Waals surface area contributed by atoms with Gasteiger partial charge in [0, 0.05) is 6.08 Å². The third-order valence-electron chi connectivity index (χ3n) is 3.80. The highest BCUT2D eigenvalue weighted by atomic mass is 16.5. The van der Waals surface area contributed by atoms with Crippen LogP contribution in [0.1, 0.15) is 73.1 Å². The fourth-order valence-corrected chi connectivity index (χ4v) is 2.10. The van der Waals surface area contributed by atoms with Gasteiger partial charge in [0.25, 0.3) is 0 Å². The highest BCUT2D eigenvalue weighted by molar-refractivity contribution is 5.83. The molecule has 0 saturated carbocycles. The molecule has 0 N–H and O–H groups in total. The van der Waals surface area contributed by atoms with Gasteiger partial charge in [-0.3, -0.25) is 0 Å². The SMILES string of the molecule is CCCOC(=O)C=C(C)C=CCC(C)CCCC(C)CC. The van der Waals surface area contributed by atoms with E-state index in [0.29, 0.717) is 12.5 Å². The van der Waals surface area contributed by atoms with Crippen molar-refractivity contribution in [2.75, 3.05) is 6.61 Å². The van der Waals surface area contributed by atoms with Crippen LogP contribution in [0.4, 0.5) is 0 Å². The van der Waals surface area contributed by atoms with Crippen LogP contribution in [0.2, 0.25) is 0 Å². The molecule has 0 heterocycles. The van der Waals surface area contributed by atoms with Gasteiger partial charge in [0.05, 0.1) is 6.61 Å². The van der Waals surface area contributed by atoms with Gasteiger partial charge < -0.3 is 4.74 Å². The number of allylic oxidation sites excluding steroid dienone is 3. The van der Waals surface area contributed by atoms with Crippen LogP contribution in [0, 0.1) is 11.8 Å². The first-order valence-electron chi connectivity index (χ1n) is 8.51. The minimum atomic E-state index is -0.236. The zero-order valence-electron chi connectivity index (χ0n) is 14.7. The molecule has 0 aromatic carbocycles. The van der Waals surface area contributed by atoms with Gasteiger partial charge in [-0.25, -0.2) is 4.79 Å². The van der Waals surface area contributed by atoms with Crippen LogP contribution in [0.3, 0.4) is 0 Å². The molecule has 2 atom stereocenters. The summed E-state index contributed by atoms with van der Waals surface area (Å²) in [5, 5.41) is 0. The average molecular weight is 294 g/mol. The van der Waals surface area contributed by atoms with Crippen LogP contribution in [-0.2, 0) is 9.53 Å². The highest BCUT2D eigenvalue weighted by Crippen LogP contribution is 2.17. The van der Waals surface area contributed by atoms with Crippen molar-refractivity contribution in [2.24, 2.45) is 11.8 Å². The molecule has 0 aliphatic carbocycles. The van der Waals surface area contributed by atoms with Crippen molar-refractivity contribution < 1.29 is 9.53 Å². The Hall–Kier alpha value is -1.05. The lowest BCUT2D eigenvalue weighted by molar-refractivity contribution is -0.137. The van der Waals surface area contributed by atoms with Gasteiger partial charge in [-0.05, 0) is 37.2 Å². The summed E-state index contributed by atoms with van der Waals surface area (Å²) >= 11 is 0. The largest absolute Gasteiger partial charge is 0.463 e. The smallest absolute Gasteiger partial charge is 0.331 e. The summed E-state index contributed by atoms with van der Waals surface area (Å²) in [6.07, 6.45) is 12.9. The lowest BCUT2D eigenvalue weighted by atomic mass is 9.95. The summed E-state index contributed by atoms with van der Waals surface area (Å²) < 4.78 is 5.03. The molecule has 0 aromatic heterocycles. The van der Waals surface area contributed by atoms with Gasteiger partial charge in [0.15, 0.2) is 0 Å². The van der Waals surface area contributed by atoms with E-state index in [0.717, 1.165) is 24.3 Å². The average Bonchev–Trinajstić information content (AvgIpc) is 2.44. The number of carbonyl (C=O) groups excluding carboxylic acids is 1. The molecule has 0 aliphatic rings. The minimum Gasteiger partial charge on any atom is -0.463 e. The fourth-order valence-electron chi connectivity index (χ4n) is 2.10. The Kier molecular flexibility index (Phi) is 12.0. The van der Waals surface area contributed by atoms with E-state index >= 15 is 0 Å². The summed E-state index contributed by atoms with van der Waals surface area (Å²) in [5.41, 5.74) is 0.961. The quantitative estimate of drug-likeness (QED) is 0.278. The zero-order valence-corrected chi connectivity index (χ0v) is 14.7. The Bertz CT molecular complexity index is 328. The Morgan fingerprint density at radius 1 is 1.14 bits per heavy atom. The first-order chi connectivity index (χ1) is 9.99. The van der Waals surface area contributed by atoms with Crippen LogP contribution in [-0.4, -0.2) is 12.6 Å². The molecule has 0 fully saturated rings.